The summed E-state index contributed by atoms with van der Waals surface area (Å²) in [7, 11) is 0. The predicted molar refractivity (Wildman–Crippen MR) is 110 cm³/mol. The van der Waals surface area contributed by atoms with E-state index in [1.807, 2.05) is 0 Å². The predicted octanol–water partition coefficient (Wildman–Crippen LogP) is 4.12. The molecule has 2 N–H and O–H groups in total. The summed E-state index contributed by atoms with van der Waals surface area (Å²) < 4.78 is 55.9. The number of halogens is 5. The zero-order valence-corrected chi connectivity index (χ0v) is 17.3. The Morgan fingerprint density at radius 3 is 2.59 bits per heavy atom. The molecule has 170 valence electrons. The molecule has 0 spiro atoms. The normalized spacial score (nSPS) is 11.3. The third-order valence-electron chi connectivity index (χ3n) is 3.81. The van der Waals surface area contributed by atoms with Gasteiger partial charge in [-0.15, -0.1) is 0 Å². The maximum absolute atomic E-state index is 13.3. The summed E-state index contributed by atoms with van der Waals surface area (Å²) in [4.78, 5) is 26.9. The van der Waals surface area contributed by atoms with Gasteiger partial charge in [-0.3, -0.25) is 14.6 Å². The highest BCUT2D eigenvalue weighted by molar-refractivity contribution is 6.30. The van der Waals surface area contributed by atoms with E-state index >= 15 is 0 Å². The largest absolute Gasteiger partial charge is 0.484 e. The molecule has 11 heteroatoms. The van der Waals surface area contributed by atoms with Crippen LogP contribution in [0.25, 0.3) is 6.08 Å². The van der Waals surface area contributed by atoms with Crippen molar-refractivity contribution in [2.75, 3.05) is 13.2 Å². The fourth-order valence-electron chi connectivity index (χ4n) is 2.24. The average Bonchev–Trinajstić information content (AvgIpc) is 2.72. The van der Waals surface area contributed by atoms with Crippen molar-refractivity contribution < 1.29 is 31.9 Å². The summed E-state index contributed by atoms with van der Waals surface area (Å²) in [6.07, 6.45) is -0.894. The number of carbonyl (C=O) groups is 2. The molecular weight excluding hydrogens is 454 g/mol. The summed E-state index contributed by atoms with van der Waals surface area (Å²) >= 11 is 5.56. The van der Waals surface area contributed by atoms with Gasteiger partial charge in [-0.05, 0) is 29.8 Å². The Labute approximate surface area is 185 Å². The molecule has 0 aliphatic carbocycles. The molecule has 0 saturated carbocycles. The summed E-state index contributed by atoms with van der Waals surface area (Å²) in [5, 5.41) is 4.95. The molecule has 0 radical (unpaired) electrons. The molecule has 1 heterocycles. The topological polar surface area (TPSA) is 80.3 Å². The molecule has 1 aromatic heterocycles. The van der Waals surface area contributed by atoms with Gasteiger partial charge in [-0.1, -0.05) is 24.2 Å². The molecule has 32 heavy (non-hydrogen) atoms. The van der Waals surface area contributed by atoms with Gasteiger partial charge in [-0.25, -0.2) is 4.39 Å². The molecule has 2 aromatic rings. The van der Waals surface area contributed by atoms with Crippen molar-refractivity contribution in [2.24, 2.45) is 0 Å². The highest BCUT2D eigenvalue weighted by Gasteiger charge is 2.31. The van der Waals surface area contributed by atoms with Gasteiger partial charge < -0.3 is 15.4 Å². The Balaban J connectivity index is 1.68. The molecule has 1 aromatic carbocycles. The first-order chi connectivity index (χ1) is 15.0. The number of alkyl halides is 3. The molecule has 0 atom stereocenters. The number of pyridine rings is 1. The van der Waals surface area contributed by atoms with E-state index in [-0.39, 0.29) is 30.3 Å². The van der Waals surface area contributed by atoms with Crippen LogP contribution in [0.15, 0.2) is 54.9 Å². The molecule has 0 aliphatic heterocycles. The highest BCUT2D eigenvalue weighted by atomic mass is 35.5. The lowest BCUT2D eigenvalue weighted by Gasteiger charge is -2.09. The molecular formula is C21H18ClF4N3O3. The van der Waals surface area contributed by atoms with Gasteiger partial charge in [0.05, 0.1) is 5.02 Å². The second-order valence-electron chi connectivity index (χ2n) is 6.37. The summed E-state index contributed by atoms with van der Waals surface area (Å²) in [5.74, 6) is -1.53. The van der Waals surface area contributed by atoms with E-state index in [0.29, 0.717) is 11.3 Å². The molecule has 6 nitrogen and oxygen atoms in total. The van der Waals surface area contributed by atoms with Crippen LogP contribution in [0, 0.1) is 5.82 Å². The van der Waals surface area contributed by atoms with Crippen LogP contribution in [0.5, 0.6) is 5.75 Å². The van der Waals surface area contributed by atoms with Crippen molar-refractivity contribution in [1.29, 1.82) is 0 Å². The molecule has 2 amide bonds. The minimum atomic E-state index is -4.54. The number of rotatable bonds is 9. The molecule has 2 rings (SSSR count). The Morgan fingerprint density at radius 1 is 1.22 bits per heavy atom. The number of nitrogens with one attached hydrogen (secondary N) is 2. The minimum Gasteiger partial charge on any atom is -0.484 e. The number of benzene rings is 1. The average molecular weight is 472 g/mol. The van der Waals surface area contributed by atoms with Gasteiger partial charge in [0.15, 0.2) is 6.61 Å². The van der Waals surface area contributed by atoms with Crippen molar-refractivity contribution in [1.82, 2.24) is 15.6 Å². The lowest BCUT2D eigenvalue weighted by atomic mass is 10.2. The Bertz CT molecular complexity index is 1010. The smallest absolute Gasteiger partial charge is 0.433 e. The molecule has 0 fully saturated rings. The number of amides is 2. The third kappa shape index (κ3) is 8.38. The molecule has 0 unspecified atom stereocenters. The molecule has 0 saturated heterocycles. The van der Waals surface area contributed by atoms with Crippen LogP contribution in [-0.4, -0.2) is 29.9 Å². The van der Waals surface area contributed by atoms with Gasteiger partial charge in [0.1, 0.15) is 17.3 Å². The van der Waals surface area contributed by atoms with E-state index in [2.05, 4.69) is 22.2 Å². The summed E-state index contributed by atoms with van der Waals surface area (Å²) in [6.45, 7) is 3.47. The van der Waals surface area contributed by atoms with E-state index < -0.39 is 29.5 Å². The maximum atomic E-state index is 13.3. The Morgan fingerprint density at radius 2 is 1.97 bits per heavy atom. The second kappa shape index (κ2) is 11.3. The van der Waals surface area contributed by atoms with Crippen LogP contribution < -0.4 is 15.4 Å². The van der Waals surface area contributed by atoms with E-state index in [0.717, 1.165) is 24.4 Å². The Kier molecular flexibility index (Phi) is 8.77. The molecule has 0 aliphatic rings. The highest BCUT2D eigenvalue weighted by Crippen LogP contribution is 2.27. The second-order valence-corrected chi connectivity index (χ2v) is 6.77. The van der Waals surface area contributed by atoms with E-state index in [1.54, 1.807) is 0 Å². The van der Waals surface area contributed by atoms with Crippen molar-refractivity contribution >= 4 is 29.5 Å². The first kappa shape index (κ1) is 24.9. The van der Waals surface area contributed by atoms with Crippen LogP contribution in [0.2, 0.25) is 5.02 Å². The number of nitrogens with zero attached hydrogens (tertiary/aromatic N) is 1. The van der Waals surface area contributed by atoms with Gasteiger partial charge in [0.25, 0.3) is 5.91 Å². The lowest BCUT2D eigenvalue weighted by Crippen LogP contribution is -2.31. The fraction of sp³-hybridized carbons (Fsp3) is 0.190. The lowest BCUT2D eigenvalue weighted by molar-refractivity contribution is -0.141. The first-order valence-corrected chi connectivity index (χ1v) is 9.47. The first-order valence-electron chi connectivity index (χ1n) is 9.09. The maximum Gasteiger partial charge on any atom is 0.433 e. The van der Waals surface area contributed by atoms with Crippen LogP contribution in [0.4, 0.5) is 17.6 Å². The van der Waals surface area contributed by atoms with Crippen molar-refractivity contribution in [3.05, 3.63) is 77.0 Å². The van der Waals surface area contributed by atoms with E-state index in [1.165, 1.54) is 24.3 Å². The SMILES string of the molecule is C=C(CCNC(=O)COc1ccc(Cl)c(F)c1)NC(=O)/C=C/c1ccc(C(F)(F)F)nc1. The number of hydrogen-bond acceptors (Lipinski definition) is 4. The van der Waals surface area contributed by atoms with Crippen molar-refractivity contribution in [3.63, 3.8) is 0 Å². The van der Waals surface area contributed by atoms with Crippen LogP contribution >= 0.6 is 11.6 Å². The summed E-state index contributed by atoms with van der Waals surface area (Å²) in [5.41, 5.74) is -0.405. The standard InChI is InChI=1S/C21H18ClF4N3O3/c1-13(8-9-27-20(31)12-32-15-4-5-16(22)17(23)10-15)29-19(30)7-3-14-2-6-18(28-11-14)21(24,25)26/h2-7,10-11H,1,8-9,12H2,(H,27,31)(H,29,30)/b7-3+. The Hall–Kier alpha value is -3.40. The summed E-state index contributed by atoms with van der Waals surface area (Å²) in [6, 6.07) is 5.78. The van der Waals surface area contributed by atoms with Gasteiger partial charge >= 0.3 is 6.18 Å². The van der Waals surface area contributed by atoms with E-state index in [4.69, 9.17) is 16.3 Å². The quantitative estimate of drug-likeness (QED) is 0.426. The fourth-order valence-corrected chi connectivity index (χ4v) is 2.36. The van der Waals surface area contributed by atoms with E-state index in [9.17, 15) is 27.2 Å². The van der Waals surface area contributed by atoms with Gasteiger partial charge in [-0.2, -0.15) is 13.2 Å². The monoisotopic (exact) mass is 471 g/mol. The van der Waals surface area contributed by atoms with Gasteiger partial charge in [0.2, 0.25) is 5.91 Å². The van der Waals surface area contributed by atoms with Gasteiger partial charge in [0, 0.05) is 37.0 Å². The number of hydrogen-bond donors (Lipinski definition) is 2. The van der Waals surface area contributed by atoms with Crippen LogP contribution in [-0.2, 0) is 15.8 Å². The third-order valence-corrected chi connectivity index (χ3v) is 4.12. The number of carbonyl (C=O) groups excluding carboxylic acids is 2. The zero-order valence-electron chi connectivity index (χ0n) is 16.5. The van der Waals surface area contributed by atoms with Crippen LogP contribution in [0.3, 0.4) is 0 Å². The zero-order chi connectivity index (χ0) is 23.7. The molecule has 0 bridgehead atoms. The van der Waals surface area contributed by atoms with Crippen molar-refractivity contribution in [3.8, 4) is 5.75 Å². The number of aromatic nitrogens is 1. The number of ether oxygens (including phenoxy) is 1. The van der Waals surface area contributed by atoms with Crippen LogP contribution in [0.1, 0.15) is 17.7 Å². The van der Waals surface area contributed by atoms with Crippen molar-refractivity contribution in [2.45, 2.75) is 12.6 Å². The minimum absolute atomic E-state index is 0.0618.